The molecule has 160 valence electrons. The second-order valence-corrected chi connectivity index (χ2v) is 8.49. The smallest absolute Gasteiger partial charge is 0.254 e. The molecule has 5 rings (SSSR count). The molecule has 8 heteroatoms. The first-order valence-electron chi connectivity index (χ1n) is 10.0. The van der Waals surface area contributed by atoms with Crippen molar-refractivity contribution in [3.63, 3.8) is 0 Å². The van der Waals surface area contributed by atoms with Crippen LogP contribution in [0, 0.1) is 5.82 Å². The van der Waals surface area contributed by atoms with Gasteiger partial charge in [0.25, 0.3) is 5.91 Å². The number of pyridine rings is 2. The van der Waals surface area contributed by atoms with Gasteiger partial charge in [-0.2, -0.15) is 0 Å². The first kappa shape index (κ1) is 20.4. The number of para-hydroxylation sites is 1. The molecule has 2 aromatic heterocycles. The number of aliphatic hydroxyl groups is 1. The monoisotopic (exact) mass is 446 g/mol. The molecule has 0 spiro atoms. The van der Waals surface area contributed by atoms with E-state index >= 15 is 0 Å². The van der Waals surface area contributed by atoms with Crippen LogP contribution in [0.3, 0.4) is 0 Å². The molecule has 1 fully saturated rings. The summed E-state index contributed by atoms with van der Waals surface area (Å²) in [6, 6.07) is 19.8. The topological polar surface area (TPSA) is 78.4 Å². The fourth-order valence-electron chi connectivity index (χ4n) is 3.74. The Morgan fingerprint density at radius 3 is 2.50 bits per heavy atom. The number of anilines is 1. The van der Waals surface area contributed by atoms with E-state index in [1.807, 2.05) is 42.5 Å². The van der Waals surface area contributed by atoms with Crippen LogP contribution in [-0.4, -0.2) is 39.0 Å². The summed E-state index contributed by atoms with van der Waals surface area (Å²) in [6.45, 7) is 0.00734. The predicted octanol–water partition coefficient (Wildman–Crippen LogP) is 4.23. The van der Waals surface area contributed by atoms with Gasteiger partial charge in [0.05, 0.1) is 23.5 Å². The van der Waals surface area contributed by atoms with Crippen LogP contribution in [0.5, 0.6) is 0 Å². The minimum atomic E-state index is -1.45. The average molecular weight is 447 g/mol. The Kier molecular flexibility index (Phi) is 5.24. The zero-order valence-electron chi connectivity index (χ0n) is 16.9. The molecule has 0 bridgehead atoms. The van der Waals surface area contributed by atoms with Crippen LogP contribution in [0.15, 0.2) is 84.0 Å². The standard InChI is InChI=1S/C24H19FN4O2S/c25-19-6-3-13-27-22(19)24(31)14-29(15-24)23(30)17-8-10-18(11-9-17)28-32-20-7-1-4-16-5-2-12-26-21(16)20/h1-13,28,31H,14-15H2. The first-order valence-corrected chi connectivity index (χ1v) is 10.8. The maximum absolute atomic E-state index is 13.9. The summed E-state index contributed by atoms with van der Waals surface area (Å²) in [7, 11) is 0. The average Bonchev–Trinajstić information content (AvgIpc) is 2.81. The van der Waals surface area contributed by atoms with Crippen LogP contribution < -0.4 is 4.72 Å². The third-order valence-corrected chi connectivity index (χ3v) is 6.28. The SMILES string of the molecule is O=C(c1ccc(NSc2cccc3cccnc23)cc1)N1CC(O)(c2ncccc2F)C1. The highest BCUT2D eigenvalue weighted by Gasteiger charge is 2.47. The Labute approximate surface area is 188 Å². The van der Waals surface area contributed by atoms with Gasteiger partial charge in [-0.3, -0.25) is 14.8 Å². The maximum atomic E-state index is 13.9. The van der Waals surface area contributed by atoms with Gasteiger partial charge < -0.3 is 14.7 Å². The number of amides is 1. The maximum Gasteiger partial charge on any atom is 0.254 e. The molecule has 3 heterocycles. The van der Waals surface area contributed by atoms with Crippen molar-refractivity contribution < 1.29 is 14.3 Å². The molecular formula is C24H19FN4O2S. The van der Waals surface area contributed by atoms with Crippen molar-refractivity contribution in [1.29, 1.82) is 0 Å². The number of halogens is 1. The number of hydrogen-bond acceptors (Lipinski definition) is 6. The molecule has 1 aliphatic heterocycles. The minimum Gasteiger partial charge on any atom is -0.380 e. The molecule has 0 saturated carbocycles. The lowest BCUT2D eigenvalue weighted by Crippen LogP contribution is -2.61. The molecule has 0 aliphatic carbocycles. The van der Waals surface area contributed by atoms with Crippen molar-refractivity contribution in [2.24, 2.45) is 0 Å². The summed E-state index contributed by atoms with van der Waals surface area (Å²) in [4.78, 5) is 23.6. The van der Waals surface area contributed by atoms with Crippen molar-refractivity contribution in [3.8, 4) is 0 Å². The molecule has 1 aliphatic rings. The van der Waals surface area contributed by atoms with Crippen LogP contribution in [-0.2, 0) is 5.60 Å². The van der Waals surface area contributed by atoms with Gasteiger partial charge in [-0.25, -0.2) is 4.39 Å². The Bertz CT molecular complexity index is 1290. The van der Waals surface area contributed by atoms with E-state index in [-0.39, 0.29) is 24.7 Å². The number of rotatable bonds is 5. The number of likely N-dealkylation sites (tertiary alicyclic amines) is 1. The summed E-state index contributed by atoms with van der Waals surface area (Å²) in [6.07, 6.45) is 3.20. The number of aromatic nitrogens is 2. The molecule has 1 saturated heterocycles. The van der Waals surface area contributed by atoms with E-state index in [0.717, 1.165) is 21.5 Å². The van der Waals surface area contributed by atoms with Crippen molar-refractivity contribution in [2.45, 2.75) is 10.5 Å². The van der Waals surface area contributed by atoms with Gasteiger partial charge >= 0.3 is 0 Å². The Morgan fingerprint density at radius 2 is 1.72 bits per heavy atom. The fourth-order valence-corrected chi connectivity index (χ4v) is 4.52. The molecule has 2 aromatic carbocycles. The fraction of sp³-hybridized carbons (Fsp3) is 0.125. The zero-order chi connectivity index (χ0) is 22.1. The van der Waals surface area contributed by atoms with Gasteiger partial charge in [-0.1, -0.05) is 18.2 Å². The second-order valence-electron chi connectivity index (χ2n) is 7.64. The summed E-state index contributed by atoms with van der Waals surface area (Å²) in [5.74, 6) is -0.792. The number of hydrogen-bond donors (Lipinski definition) is 2. The van der Waals surface area contributed by atoms with E-state index in [2.05, 4.69) is 14.7 Å². The Hall–Kier alpha value is -3.49. The Balaban J connectivity index is 1.22. The van der Waals surface area contributed by atoms with Crippen molar-refractivity contribution in [2.75, 3.05) is 17.8 Å². The normalized spacial score (nSPS) is 14.8. The third-order valence-electron chi connectivity index (χ3n) is 5.40. The quantitative estimate of drug-likeness (QED) is 0.447. The van der Waals surface area contributed by atoms with E-state index in [1.165, 1.54) is 35.2 Å². The van der Waals surface area contributed by atoms with E-state index < -0.39 is 11.4 Å². The van der Waals surface area contributed by atoms with Crippen LogP contribution in [0.1, 0.15) is 16.1 Å². The second kappa shape index (κ2) is 8.22. The molecule has 1 amide bonds. The van der Waals surface area contributed by atoms with E-state index in [0.29, 0.717) is 5.56 Å². The summed E-state index contributed by atoms with van der Waals surface area (Å²) >= 11 is 1.45. The van der Waals surface area contributed by atoms with Crippen LogP contribution in [0.4, 0.5) is 10.1 Å². The summed E-state index contributed by atoms with van der Waals surface area (Å²) < 4.78 is 17.2. The number of benzene rings is 2. The number of nitrogens with one attached hydrogen (secondary N) is 1. The number of carbonyl (C=O) groups is 1. The van der Waals surface area contributed by atoms with Gasteiger partial charge in [-0.15, -0.1) is 0 Å². The molecule has 0 radical (unpaired) electrons. The highest BCUT2D eigenvalue weighted by Crippen LogP contribution is 2.33. The molecule has 2 N–H and O–H groups in total. The van der Waals surface area contributed by atoms with E-state index in [9.17, 15) is 14.3 Å². The molecule has 0 atom stereocenters. The number of β-amino-alcohol motifs (C(OH)–C–C–N with tert-alkyl or cyclic N) is 1. The Morgan fingerprint density at radius 1 is 1.00 bits per heavy atom. The summed E-state index contributed by atoms with van der Waals surface area (Å²) in [5.41, 5.74) is 0.787. The summed E-state index contributed by atoms with van der Waals surface area (Å²) in [5, 5.41) is 11.7. The van der Waals surface area contributed by atoms with Crippen molar-refractivity contribution in [3.05, 3.63) is 96.2 Å². The van der Waals surface area contributed by atoms with Gasteiger partial charge in [-0.05, 0) is 60.5 Å². The first-order chi connectivity index (χ1) is 15.5. The van der Waals surface area contributed by atoms with Crippen molar-refractivity contribution in [1.82, 2.24) is 14.9 Å². The number of carbonyl (C=O) groups excluding carboxylic acids is 1. The molecule has 0 unspecified atom stereocenters. The lowest BCUT2D eigenvalue weighted by molar-refractivity contribution is -0.0914. The third kappa shape index (κ3) is 3.79. The van der Waals surface area contributed by atoms with E-state index in [1.54, 1.807) is 18.3 Å². The lowest BCUT2D eigenvalue weighted by Gasteiger charge is -2.45. The number of nitrogens with zero attached hydrogens (tertiary/aromatic N) is 3. The molecule has 6 nitrogen and oxygen atoms in total. The van der Waals surface area contributed by atoms with E-state index in [4.69, 9.17) is 0 Å². The molecule has 32 heavy (non-hydrogen) atoms. The van der Waals surface area contributed by atoms with Crippen LogP contribution in [0.25, 0.3) is 10.9 Å². The van der Waals surface area contributed by atoms with Crippen LogP contribution >= 0.6 is 11.9 Å². The minimum absolute atomic E-state index is 0.00367. The van der Waals surface area contributed by atoms with Gasteiger partial charge in [0, 0.05) is 29.0 Å². The highest BCUT2D eigenvalue weighted by atomic mass is 32.2. The lowest BCUT2D eigenvalue weighted by atomic mass is 9.89. The molecular weight excluding hydrogens is 427 g/mol. The highest BCUT2D eigenvalue weighted by molar-refractivity contribution is 8.00. The van der Waals surface area contributed by atoms with Gasteiger partial charge in [0.1, 0.15) is 17.1 Å². The number of fused-ring (bicyclic) bond motifs is 1. The zero-order valence-corrected chi connectivity index (χ0v) is 17.7. The van der Waals surface area contributed by atoms with Crippen LogP contribution in [0.2, 0.25) is 0 Å². The van der Waals surface area contributed by atoms with Crippen molar-refractivity contribution >= 4 is 34.4 Å². The van der Waals surface area contributed by atoms with Gasteiger partial charge in [0.2, 0.25) is 0 Å². The largest absolute Gasteiger partial charge is 0.380 e. The van der Waals surface area contributed by atoms with Gasteiger partial charge in [0.15, 0.2) is 0 Å². The molecule has 4 aromatic rings. The predicted molar refractivity (Wildman–Crippen MR) is 122 cm³/mol.